The molecule has 0 radical (unpaired) electrons. The third-order valence-corrected chi connectivity index (χ3v) is 12.0. The minimum absolute atomic E-state index is 0.633. The molecule has 0 spiro atoms. The second-order valence-corrected chi connectivity index (χ2v) is 14.4. The lowest BCUT2D eigenvalue weighted by Gasteiger charge is -2.10. The lowest BCUT2D eigenvalue weighted by Crippen LogP contribution is -2.03. The van der Waals surface area contributed by atoms with Crippen LogP contribution in [0, 0.1) is 0 Å². The number of fused-ring (bicyclic) bond motifs is 8. The van der Waals surface area contributed by atoms with E-state index in [0.29, 0.717) is 11.5 Å². The highest BCUT2D eigenvalue weighted by atomic mass is 32.1. The van der Waals surface area contributed by atoms with Crippen molar-refractivity contribution in [3.8, 4) is 17.2 Å². The lowest BCUT2D eigenvalue weighted by atomic mass is 10.0. The van der Waals surface area contributed by atoms with E-state index in [1.807, 2.05) is 29.5 Å². The molecule has 230 valence electrons. The van der Waals surface area contributed by atoms with E-state index in [-0.39, 0.29) is 0 Å². The number of aromatic nitrogens is 4. The zero-order valence-electron chi connectivity index (χ0n) is 26.3. The summed E-state index contributed by atoms with van der Waals surface area (Å²) in [7, 11) is 0. The fourth-order valence-electron chi connectivity index (χ4n) is 8.79. The maximum Gasteiger partial charge on any atom is 0.236 e. The van der Waals surface area contributed by atoms with Crippen molar-refractivity contribution >= 4 is 113 Å². The van der Waals surface area contributed by atoms with Crippen molar-refractivity contribution in [1.29, 1.82) is 0 Å². The van der Waals surface area contributed by atoms with Crippen molar-refractivity contribution in [2.75, 3.05) is 0 Å². The highest BCUT2D eigenvalue weighted by Crippen LogP contribution is 2.50. The molecule has 6 heteroatoms. The Balaban J connectivity index is 1.25. The Morgan fingerprint density at radius 1 is 0.520 bits per heavy atom. The van der Waals surface area contributed by atoms with Crippen molar-refractivity contribution in [2.45, 2.75) is 0 Å². The number of furan rings is 1. The molecule has 0 aliphatic rings. The van der Waals surface area contributed by atoms with Gasteiger partial charge in [-0.25, -0.2) is 9.97 Å². The van der Waals surface area contributed by atoms with Gasteiger partial charge in [0.25, 0.3) is 0 Å². The first-order chi connectivity index (χ1) is 24.8. The van der Waals surface area contributed by atoms with E-state index in [1.165, 1.54) is 63.7 Å². The summed E-state index contributed by atoms with van der Waals surface area (Å²) in [6.45, 7) is 0. The number of hydrogen-bond acceptors (Lipinski definition) is 4. The molecule has 0 unspecified atom stereocenters. The van der Waals surface area contributed by atoms with Crippen LogP contribution in [0.1, 0.15) is 0 Å². The molecule has 50 heavy (non-hydrogen) atoms. The Labute approximate surface area is 286 Å². The zero-order valence-corrected chi connectivity index (χ0v) is 27.1. The zero-order chi connectivity index (χ0) is 32.2. The third-order valence-electron chi connectivity index (χ3n) is 10.8. The molecule has 13 rings (SSSR count). The van der Waals surface area contributed by atoms with Crippen molar-refractivity contribution in [1.82, 2.24) is 18.9 Å². The van der Waals surface area contributed by atoms with Gasteiger partial charge in [0.2, 0.25) is 5.95 Å². The quantitative estimate of drug-likeness (QED) is 0.186. The number of rotatable bonds is 2. The molecular formula is C44H22N4OS. The molecule has 0 saturated heterocycles. The summed E-state index contributed by atoms with van der Waals surface area (Å²) >= 11 is 1.87. The summed E-state index contributed by atoms with van der Waals surface area (Å²) in [6.07, 6.45) is 0. The fraction of sp³-hybridized carbons (Fsp3) is 0. The number of para-hydroxylation sites is 2. The molecule has 0 bridgehead atoms. The van der Waals surface area contributed by atoms with Gasteiger partial charge in [0, 0.05) is 52.7 Å². The monoisotopic (exact) mass is 654 g/mol. The van der Waals surface area contributed by atoms with Gasteiger partial charge in [-0.2, -0.15) is 0 Å². The van der Waals surface area contributed by atoms with E-state index >= 15 is 0 Å². The second-order valence-electron chi connectivity index (χ2n) is 13.3. The SMILES string of the molecule is c1ccc2cc(-c3nc(-n4c5ccc6sc7cccc8c7c6c5c5c4ccc4c6ccccc6n8c45)nc4c3oc3ccccc34)ccc2c1. The van der Waals surface area contributed by atoms with Gasteiger partial charge in [-0.05, 0) is 65.4 Å². The van der Waals surface area contributed by atoms with Gasteiger partial charge in [-0.1, -0.05) is 78.9 Å². The summed E-state index contributed by atoms with van der Waals surface area (Å²) in [5, 5.41) is 11.0. The Hall–Kier alpha value is -6.50. The number of benzene rings is 7. The van der Waals surface area contributed by atoms with Gasteiger partial charge in [0.05, 0.1) is 27.6 Å². The van der Waals surface area contributed by atoms with E-state index in [4.69, 9.17) is 14.4 Å². The van der Waals surface area contributed by atoms with Crippen LogP contribution in [0.3, 0.4) is 0 Å². The molecule has 7 aromatic carbocycles. The maximum atomic E-state index is 6.55. The first-order valence-electron chi connectivity index (χ1n) is 16.8. The highest BCUT2D eigenvalue weighted by molar-refractivity contribution is 7.26. The van der Waals surface area contributed by atoms with Gasteiger partial charge >= 0.3 is 0 Å². The molecule has 6 aromatic heterocycles. The summed E-state index contributed by atoms with van der Waals surface area (Å²) in [4.78, 5) is 10.8. The molecule has 0 atom stereocenters. The van der Waals surface area contributed by atoms with Crippen molar-refractivity contribution in [2.24, 2.45) is 0 Å². The van der Waals surface area contributed by atoms with Crippen LogP contribution < -0.4 is 0 Å². The molecule has 0 aliphatic heterocycles. The third kappa shape index (κ3) is 2.97. The first-order valence-corrected chi connectivity index (χ1v) is 17.7. The summed E-state index contributed by atoms with van der Waals surface area (Å²) < 4.78 is 13.9. The topological polar surface area (TPSA) is 48.3 Å². The number of hydrogen-bond donors (Lipinski definition) is 0. The van der Waals surface area contributed by atoms with Crippen LogP contribution in [0.15, 0.2) is 138 Å². The predicted octanol–water partition coefficient (Wildman–Crippen LogP) is 12.1. The van der Waals surface area contributed by atoms with Crippen LogP contribution in [0.25, 0.3) is 119 Å². The highest BCUT2D eigenvalue weighted by Gasteiger charge is 2.27. The molecule has 13 aromatic rings. The molecule has 5 nitrogen and oxygen atoms in total. The Bertz CT molecular complexity index is 3560. The Morgan fingerprint density at radius 2 is 1.30 bits per heavy atom. The van der Waals surface area contributed by atoms with Crippen molar-refractivity contribution < 1.29 is 4.42 Å². The largest absolute Gasteiger partial charge is 0.452 e. The summed E-state index contributed by atoms with van der Waals surface area (Å²) in [5.41, 5.74) is 9.99. The van der Waals surface area contributed by atoms with Gasteiger partial charge in [0.15, 0.2) is 5.58 Å². The molecule has 6 heterocycles. The average Bonchev–Trinajstić information content (AvgIpc) is 3.89. The van der Waals surface area contributed by atoms with Gasteiger partial charge < -0.3 is 8.82 Å². The molecule has 0 N–H and O–H groups in total. The van der Waals surface area contributed by atoms with Gasteiger partial charge in [-0.3, -0.25) is 4.57 Å². The molecular weight excluding hydrogens is 633 g/mol. The summed E-state index contributed by atoms with van der Waals surface area (Å²) in [6, 6.07) is 47.8. The van der Waals surface area contributed by atoms with E-state index in [2.05, 4.69) is 124 Å². The minimum atomic E-state index is 0.633. The maximum absolute atomic E-state index is 6.55. The Morgan fingerprint density at radius 3 is 2.26 bits per heavy atom. The van der Waals surface area contributed by atoms with Crippen LogP contribution >= 0.6 is 11.3 Å². The van der Waals surface area contributed by atoms with Crippen LogP contribution in [0.4, 0.5) is 0 Å². The normalized spacial score (nSPS) is 12.8. The molecule has 0 saturated carbocycles. The minimum Gasteiger partial charge on any atom is -0.452 e. The van der Waals surface area contributed by atoms with E-state index in [0.717, 1.165) is 44.2 Å². The second kappa shape index (κ2) is 8.74. The van der Waals surface area contributed by atoms with Crippen molar-refractivity contribution in [3.63, 3.8) is 0 Å². The molecule has 0 aliphatic carbocycles. The fourth-order valence-corrected chi connectivity index (χ4v) is 9.93. The molecule has 0 amide bonds. The van der Waals surface area contributed by atoms with Crippen molar-refractivity contribution in [3.05, 3.63) is 133 Å². The average molecular weight is 655 g/mol. The van der Waals surface area contributed by atoms with Gasteiger partial charge in [-0.15, -0.1) is 11.3 Å². The standard InChI is InChI=1S/C44H22N4OS/c1-2-9-24-22-25(17-16-23(24)8-1)40-43-41(28-11-4-6-14-33(28)49-43)46-44(45-40)48-31-20-21-35-39-36-30(13-7-15-34(36)50-35)47-29-12-5-3-10-26(29)27-18-19-32(48)38(37(31)39)42(27)47/h1-22H. The number of nitrogens with zero attached hydrogens (tertiary/aromatic N) is 4. The van der Waals surface area contributed by atoms with Crippen LogP contribution in [-0.4, -0.2) is 18.9 Å². The van der Waals surface area contributed by atoms with Gasteiger partial charge in [0.1, 0.15) is 16.8 Å². The Kier molecular flexibility index (Phi) is 4.46. The predicted molar refractivity (Wildman–Crippen MR) is 208 cm³/mol. The molecule has 0 fully saturated rings. The first kappa shape index (κ1) is 25.5. The van der Waals surface area contributed by atoms with E-state index in [1.54, 1.807) is 0 Å². The van der Waals surface area contributed by atoms with Crippen LogP contribution in [0.2, 0.25) is 0 Å². The van der Waals surface area contributed by atoms with Crippen LogP contribution in [0.5, 0.6) is 0 Å². The van der Waals surface area contributed by atoms with E-state index < -0.39 is 0 Å². The smallest absolute Gasteiger partial charge is 0.236 e. The van der Waals surface area contributed by atoms with Crippen LogP contribution in [-0.2, 0) is 0 Å². The summed E-state index contributed by atoms with van der Waals surface area (Å²) in [5.74, 6) is 0.633. The number of thiophene rings is 1. The lowest BCUT2D eigenvalue weighted by molar-refractivity contribution is 0.666. The van der Waals surface area contributed by atoms with E-state index in [9.17, 15) is 0 Å².